The number of carboxylic acid groups (broad SMARTS) is 1. The van der Waals surface area contributed by atoms with Gasteiger partial charge in [0.2, 0.25) is 0 Å². The zero-order valence-electron chi connectivity index (χ0n) is 7.05. The molecule has 0 spiro atoms. The monoisotopic (exact) mass is 181 g/mol. The minimum absolute atomic E-state index is 0.0973. The molecule has 0 radical (unpaired) electrons. The summed E-state index contributed by atoms with van der Waals surface area (Å²) in [4.78, 5) is 10.3. The van der Waals surface area contributed by atoms with Crippen LogP contribution in [0, 0.1) is 0 Å². The van der Waals surface area contributed by atoms with E-state index in [0.717, 1.165) is 5.69 Å². The number of aromatic nitrogens is 1. The standard InChI is InChI=1S/C8H11N3O2/c9-10-6-7-2-1-4-11(7)5-3-8(12)13/h1-2,4,6H,3,5,9H2,(H,12,13). The molecule has 0 saturated heterocycles. The molecule has 1 aromatic heterocycles. The molecule has 1 heterocycles. The summed E-state index contributed by atoms with van der Waals surface area (Å²) >= 11 is 0. The van der Waals surface area contributed by atoms with Crippen LogP contribution in [0.2, 0.25) is 0 Å². The molecule has 0 atom stereocenters. The van der Waals surface area contributed by atoms with Gasteiger partial charge in [0.1, 0.15) is 0 Å². The fourth-order valence-electron chi connectivity index (χ4n) is 1.04. The predicted octanol–water partition coefficient (Wildman–Crippen LogP) is 0.255. The average Bonchev–Trinajstić information content (AvgIpc) is 2.49. The van der Waals surface area contributed by atoms with Crippen LogP contribution in [0.1, 0.15) is 12.1 Å². The number of rotatable bonds is 4. The van der Waals surface area contributed by atoms with E-state index in [-0.39, 0.29) is 6.42 Å². The van der Waals surface area contributed by atoms with Crippen molar-refractivity contribution in [3.05, 3.63) is 24.0 Å². The smallest absolute Gasteiger partial charge is 0.305 e. The third kappa shape index (κ3) is 2.62. The molecule has 0 bridgehead atoms. The minimum atomic E-state index is -0.815. The van der Waals surface area contributed by atoms with Crippen LogP contribution in [-0.4, -0.2) is 21.9 Å². The van der Waals surface area contributed by atoms with Gasteiger partial charge in [-0.1, -0.05) is 0 Å². The Balaban J connectivity index is 2.65. The number of nitrogens with two attached hydrogens (primary N) is 1. The largest absolute Gasteiger partial charge is 0.481 e. The number of nitrogens with zero attached hydrogens (tertiary/aromatic N) is 2. The van der Waals surface area contributed by atoms with Crippen LogP contribution in [-0.2, 0) is 11.3 Å². The Morgan fingerprint density at radius 2 is 2.54 bits per heavy atom. The Morgan fingerprint density at radius 3 is 3.15 bits per heavy atom. The number of carboxylic acids is 1. The van der Waals surface area contributed by atoms with Crippen LogP contribution in [0.25, 0.3) is 0 Å². The van der Waals surface area contributed by atoms with E-state index in [1.165, 1.54) is 6.21 Å². The minimum Gasteiger partial charge on any atom is -0.481 e. The van der Waals surface area contributed by atoms with Crippen molar-refractivity contribution in [1.82, 2.24) is 4.57 Å². The highest BCUT2D eigenvalue weighted by Gasteiger charge is 2.00. The normalized spacial score (nSPS) is 10.8. The van der Waals surface area contributed by atoms with Gasteiger partial charge >= 0.3 is 5.97 Å². The predicted molar refractivity (Wildman–Crippen MR) is 48.5 cm³/mol. The Labute approximate surface area is 75.5 Å². The second kappa shape index (κ2) is 4.30. The van der Waals surface area contributed by atoms with Crippen LogP contribution in [0.5, 0.6) is 0 Å². The van der Waals surface area contributed by atoms with E-state index in [4.69, 9.17) is 10.9 Å². The maximum Gasteiger partial charge on any atom is 0.305 e. The molecule has 3 N–H and O–H groups in total. The van der Waals surface area contributed by atoms with Crippen molar-refractivity contribution in [2.45, 2.75) is 13.0 Å². The highest BCUT2D eigenvalue weighted by molar-refractivity contribution is 5.77. The van der Waals surface area contributed by atoms with Gasteiger partial charge in [0.25, 0.3) is 0 Å². The van der Waals surface area contributed by atoms with E-state index in [1.807, 2.05) is 12.1 Å². The maximum atomic E-state index is 10.3. The lowest BCUT2D eigenvalue weighted by atomic mass is 10.4. The molecule has 1 rings (SSSR count). The van der Waals surface area contributed by atoms with Crippen molar-refractivity contribution < 1.29 is 9.90 Å². The van der Waals surface area contributed by atoms with E-state index >= 15 is 0 Å². The molecule has 0 unspecified atom stereocenters. The van der Waals surface area contributed by atoms with E-state index in [9.17, 15) is 4.79 Å². The van der Waals surface area contributed by atoms with Crippen LogP contribution in [0.3, 0.4) is 0 Å². The first-order chi connectivity index (χ1) is 6.24. The van der Waals surface area contributed by atoms with Crippen LogP contribution >= 0.6 is 0 Å². The van der Waals surface area contributed by atoms with E-state index in [0.29, 0.717) is 6.54 Å². The molecule has 70 valence electrons. The van der Waals surface area contributed by atoms with E-state index in [2.05, 4.69) is 5.10 Å². The molecular formula is C8H11N3O2. The molecule has 13 heavy (non-hydrogen) atoms. The summed E-state index contributed by atoms with van der Waals surface area (Å²) in [6, 6.07) is 3.64. The Bertz CT molecular complexity index is 317. The number of carbonyl (C=O) groups is 1. The van der Waals surface area contributed by atoms with Crippen LogP contribution in [0.4, 0.5) is 0 Å². The molecule has 0 amide bonds. The van der Waals surface area contributed by atoms with Crippen molar-refractivity contribution >= 4 is 12.2 Å². The number of hydrogen-bond acceptors (Lipinski definition) is 3. The first-order valence-electron chi connectivity index (χ1n) is 3.84. The van der Waals surface area contributed by atoms with E-state index < -0.39 is 5.97 Å². The molecule has 1 aromatic rings. The molecular weight excluding hydrogens is 170 g/mol. The zero-order valence-corrected chi connectivity index (χ0v) is 7.05. The Morgan fingerprint density at radius 1 is 1.77 bits per heavy atom. The number of aryl methyl sites for hydroxylation is 1. The van der Waals surface area contributed by atoms with Gasteiger partial charge in [-0.25, -0.2) is 0 Å². The molecule has 0 fully saturated rings. The molecule has 0 aliphatic rings. The molecule has 0 aliphatic heterocycles. The maximum absolute atomic E-state index is 10.3. The first-order valence-corrected chi connectivity index (χ1v) is 3.84. The van der Waals surface area contributed by atoms with Gasteiger partial charge in [-0.2, -0.15) is 5.10 Å². The summed E-state index contributed by atoms with van der Waals surface area (Å²) in [5, 5.41) is 11.8. The first kappa shape index (κ1) is 9.31. The summed E-state index contributed by atoms with van der Waals surface area (Å²) in [7, 11) is 0. The lowest BCUT2D eigenvalue weighted by Gasteiger charge is -2.02. The highest BCUT2D eigenvalue weighted by Crippen LogP contribution is 2.00. The fraction of sp³-hybridized carbons (Fsp3) is 0.250. The lowest BCUT2D eigenvalue weighted by Crippen LogP contribution is -2.06. The Kier molecular flexibility index (Phi) is 3.08. The Hall–Kier alpha value is -1.78. The third-order valence-corrected chi connectivity index (χ3v) is 1.64. The second-order valence-electron chi connectivity index (χ2n) is 2.55. The van der Waals surface area contributed by atoms with Crippen molar-refractivity contribution in [3.8, 4) is 0 Å². The molecule has 5 nitrogen and oxygen atoms in total. The summed E-state index contributed by atoms with van der Waals surface area (Å²) in [5.41, 5.74) is 0.809. The number of hydrazone groups is 1. The van der Waals surface area contributed by atoms with Gasteiger partial charge in [0, 0.05) is 12.7 Å². The molecule has 0 aromatic carbocycles. The SMILES string of the molecule is NN=Cc1cccn1CCC(=O)O. The summed E-state index contributed by atoms with van der Waals surface area (Å²) in [5.74, 6) is 4.17. The van der Waals surface area contributed by atoms with Gasteiger partial charge < -0.3 is 15.5 Å². The van der Waals surface area contributed by atoms with Crippen molar-refractivity contribution in [2.24, 2.45) is 10.9 Å². The van der Waals surface area contributed by atoms with Gasteiger partial charge in [0.05, 0.1) is 18.3 Å². The van der Waals surface area contributed by atoms with E-state index in [1.54, 1.807) is 10.8 Å². The number of hydrogen-bond donors (Lipinski definition) is 2. The van der Waals surface area contributed by atoms with Crippen molar-refractivity contribution in [2.75, 3.05) is 0 Å². The molecule has 0 saturated carbocycles. The second-order valence-corrected chi connectivity index (χ2v) is 2.55. The molecule has 5 heteroatoms. The summed E-state index contributed by atoms with van der Waals surface area (Å²) in [6.45, 7) is 0.434. The van der Waals surface area contributed by atoms with Crippen molar-refractivity contribution in [1.29, 1.82) is 0 Å². The van der Waals surface area contributed by atoms with Gasteiger partial charge in [-0.15, -0.1) is 0 Å². The number of aliphatic carboxylic acids is 1. The lowest BCUT2D eigenvalue weighted by molar-refractivity contribution is -0.137. The zero-order chi connectivity index (χ0) is 9.68. The topological polar surface area (TPSA) is 80.6 Å². The molecule has 0 aliphatic carbocycles. The highest BCUT2D eigenvalue weighted by atomic mass is 16.4. The van der Waals surface area contributed by atoms with Gasteiger partial charge in [-0.05, 0) is 12.1 Å². The summed E-state index contributed by atoms with van der Waals surface area (Å²) < 4.78 is 1.78. The van der Waals surface area contributed by atoms with Gasteiger partial charge in [0.15, 0.2) is 0 Å². The van der Waals surface area contributed by atoms with Crippen LogP contribution in [0.15, 0.2) is 23.4 Å². The van der Waals surface area contributed by atoms with Crippen molar-refractivity contribution in [3.63, 3.8) is 0 Å². The average molecular weight is 181 g/mol. The summed E-state index contributed by atoms with van der Waals surface area (Å²) in [6.07, 6.45) is 3.38. The quantitative estimate of drug-likeness (QED) is 0.397. The van der Waals surface area contributed by atoms with Gasteiger partial charge in [-0.3, -0.25) is 4.79 Å². The van der Waals surface area contributed by atoms with Crippen LogP contribution < -0.4 is 5.84 Å². The third-order valence-electron chi connectivity index (χ3n) is 1.64. The fourth-order valence-corrected chi connectivity index (χ4v) is 1.04.